The Kier molecular flexibility index (Phi) is 12.0. The van der Waals surface area contributed by atoms with E-state index < -0.39 is 6.10 Å². The van der Waals surface area contributed by atoms with Crippen LogP contribution in [0, 0.1) is 6.92 Å². The largest absolute Gasteiger partial charge is 0.493 e. The van der Waals surface area contributed by atoms with Crippen molar-refractivity contribution in [2.75, 3.05) is 33.9 Å². The molecule has 0 fully saturated rings. The summed E-state index contributed by atoms with van der Waals surface area (Å²) in [6.07, 6.45) is -0.666. The molecule has 3 N–H and O–H groups in total. The highest BCUT2D eigenvalue weighted by Gasteiger charge is 2.08. The predicted molar refractivity (Wildman–Crippen MR) is 130 cm³/mol. The van der Waals surface area contributed by atoms with Gasteiger partial charge in [0.1, 0.15) is 18.5 Å². The van der Waals surface area contributed by atoms with Crippen LogP contribution in [0.3, 0.4) is 0 Å². The van der Waals surface area contributed by atoms with Gasteiger partial charge in [-0.15, -0.1) is 24.0 Å². The van der Waals surface area contributed by atoms with Crippen LogP contribution >= 0.6 is 24.0 Å². The maximum Gasteiger partial charge on any atom is 0.191 e. The van der Waals surface area contributed by atoms with Crippen LogP contribution in [0.15, 0.2) is 47.5 Å². The molecule has 0 heterocycles. The zero-order valence-corrected chi connectivity index (χ0v) is 20.3. The van der Waals surface area contributed by atoms with E-state index in [1.807, 2.05) is 56.3 Å². The summed E-state index contributed by atoms with van der Waals surface area (Å²) in [5.74, 6) is 2.72. The number of rotatable bonds is 10. The first-order valence-corrected chi connectivity index (χ1v) is 9.66. The Bertz CT molecular complexity index is 802. The number of hydrogen-bond donors (Lipinski definition) is 3. The van der Waals surface area contributed by atoms with Gasteiger partial charge in [0.2, 0.25) is 0 Å². The van der Waals surface area contributed by atoms with E-state index in [4.69, 9.17) is 14.2 Å². The standard InChI is InChI=1S/C22H31N3O4.HI/c1-5-23-22(24-13-17-9-10-20(27-3)21(12-17)28-4)25-14-18(26)15-29-19-8-6-7-16(2)11-19;/h6-12,18,26H,5,13-15H2,1-4H3,(H2,23,24,25);1H. The third kappa shape index (κ3) is 8.66. The number of halogens is 1. The van der Waals surface area contributed by atoms with Gasteiger partial charge >= 0.3 is 0 Å². The molecular formula is C22H32IN3O4. The molecule has 2 rings (SSSR count). The van der Waals surface area contributed by atoms with E-state index in [0.29, 0.717) is 37.1 Å². The van der Waals surface area contributed by atoms with Crippen LogP contribution in [0.25, 0.3) is 0 Å². The van der Waals surface area contributed by atoms with Crippen molar-refractivity contribution in [1.82, 2.24) is 10.6 Å². The van der Waals surface area contributed by atoms with Gasteiger partial charge < -0.3 is 30.0 Å². The topological polar surface area (TPSA) is 84.3 Å². The van der Waals surface area contributed by atoms with Crippen molar-refractivity contribution in [2.45, 2.75) is 26.5 Å². The summed E-state index contributed by atoms with van der Waals surface area (Å²) >= 11 is 0. The van der Waals surface area contributed by atoms with Crippen molar-refractivity contribution >= 4 is 29.9 Å². The Hall–Kier alpha value is -2.20. The summed E-state index contributed by atoms with van der Waals surface area (Å²) in [7, 11) is 3.22. The number of aliphatic imine (C=N–C) groups is 1. The number of methoxy groups -OCH3 is 2. The molecule has 0 saturated carbocycles. The Labute approximate surface area is 195 Å². The van der Waals surface area contributed by atoms with E-state index >= 15 is 0 Å². The van der Waals surface area contributed by atoms with Crippen LogP contribution in [0.4, 0.5) is 0 Å². The van der Waals surface area contributed by atoms with Gasteiger partial charge in [0.25, 0.3) is 0 Å². The van der Waals surface area contributed by atoms with Gasteiger partial charge in [0.05, 0.1) is 20.8 Å². The van der Waals surface area contributed by atoms with E-state index in [0.717, 1.165) is 16.9 Å². The second-order valence-corrected chi connectivity index (χ2v) is 6.55. The minimum atomic E-state index is -0.666. The number of hydrogen-bond acceptors (Lipinski definition) is 5. The summed E-state index contributed by atoms with van der Waals surface area (Å²) in [6.45, 7) is 5.70. The first-order valence-electron chi connectivity index (χ1n) is 9.66. The molecule has 0 radical (unpaired) electrons. The number of benzene rings is 2. The first-order chi connectivity index (χ1) is 14.0. The molecule has 2 aromatic carbocycles. The molecular weight excluding hydrogens is 497 g/mol. The fourth-order valence-electron chi connectivity index (χ4n) is 2.66. The van der Waals surface area contributed by atoms with Gasteiger partial charge in [-0.1, -0.05) is 18.2 Å². The number of aliphatic hydroxyl groups excluding tert-OH is 1. The first kappa shape index (κ1) is 25.8. The van der Waals surface area contributed by atoms with E-state index in [1.165, 1.54) is 0 Å². The quantitative estimate of drug-likeness (QED) is 0.249. The summed E-state index contributed by atoms with van der Waals surface area (Å²) in [6, 6.07) is 13.4. The van der Waals surface area contributed by atoms with E-state index in [1.54, 1.807) is 14.2 Å². The van der Waals surface area contributed by atoms with Crippen molar-refractivity contribution < 1.29 is 19.3 Å². The molecule has 0 saturated heterocycles. The number of guanidine groups is 1. The number of nitrogens with one attached hydrogen (secondary N) is 2. The van der Waals surface area contributed by atoms with Crippen LogP contribution in [0.5, 0.6) is 17.2 Å². The van der Waals surface area contributed by atoms with Crippen LogP contribution in [-0.2, 0) is 6.54 Å². The van der Waals surface area contributed by atoms with Crippen molar-refractivity contribution in [2.24, 2.45) is 4.99 Å². The van der Waals surface area contributed by atoms with Gasteiger partial charge in [-0.25, -0.2) is 4.99 Å². The van der Waals surface area contributed by atoms with Crippen molar-refractivity contribution in [3.8, 4) is 17.2 Å². The zero-order valence-electron chi connectivity index (χ0n) is 18.0. The number of aryl methyl sites for hydroxylation is 1. The third-order valence-electron chi connectivity index (χ3n) is 4.15. The second-order valence-electron chi connectivity index (χ2n) is 6.55. The lowest BCUT2D eigenvalue weighted by Gasteiger charge is -2.16. The number of ether oxygens (including phenoxy) is 3. The minimum Gasteiger partial charge on any atom is -0.493 e. The SMILES string of the molecule is CCNC(=NCc1ccc(OC)c(OC)c1)NCC(O)COc1cccc(C)c1.I. The number of nitrogens with zero attached hydrogens (tertiary/aromatic N) is 1. The minimum absolute atomic E-state index is 0. The molecule has 0 aromatic heterocycles. The highest BCUT2D eigenvalue weighted by Crippen LogP contribution is 2.27. The molecule has 7 nitrogen and oxygen atoms in total. The molecule has 166 valence electrons. The molecule has 0 bridgehead atoms. The summed E-state index contributed by atoms with van der Waals surface area (Å²) in [5, 5.41) is 16.5. The predicted octanol–water partition coefficient (Wildman–Crippen LogP) is 3.13. The average Bonchev–Trinajstić information content (AvgIpc) is 2.74. The van der Waals surface area contributed by atoms with E-state index in [9.17, 15) is 5.11 Å². The molecule has 0 aliphatic carbocycles. The smallest absolute Gasteiger partial charge is 0.191 e. The summed E-state index contributed by atoms with van der Waals surface area (Å²) in [4.78, 5) is 4.56. The van der Waals surface area contributed by atoms with Gasteiger partial charge in [-0.3, -0.25) is 0 Å². The Morgan fingerprint density at radius 1 is 1.07 bits per heavy atom. The van der Waals surface area contributed by atoms with E-state index in [-0.39, 0.29) is 30.6 Å². The monoisotopic (exact) mass is 529 g/mol. The second kappa shape index (κ2) is 13.9. The summed E-state index contributed by atoms with van der Waals surface area (Å²) < 4.78 is 16.2. The van der Waals surface area contributed by atoms with Crippen LogP contribution in [-0.4, -0.2) is 51.1 Å². The molecule has 1 atom stereocenters. The fourth-order valence-corrected chi connectivity index (χ4v) is 2.66. The maximum absolute atomic E-state index is 10.2. The van der Waals surface area contributed by atoms with Crippen LogP contribution in [0.1, 0.15) is 18.1 Å². The van der Waals surface area contributed by atoms with Gasteiger partial charge in [-0.05, 0) is 49.2 Å². The molecule has 8 heteroatoms. The maximum atomic E-state index is 10.2. The zero-order chi connectivity index (χ0) is 21.1. The highest BCUT2D eigenvalue weighted by molar-refractivity contribution is 14.0. The van der Waals surface area contributed by atoms with Crippen molar-refractivity contribution in [3.63, 3.8) is 0 Å². The lowest BCUT2D eigenvalue weighted by atomic mass is 10.2. The van der Waals surface area contributed by atoms with Gasteiger partial charge in [0.15, 0.2) is 17.5 Å². The van der Waals surface area contributed by atoms with Crippen molar-refractivity contribution in [1.29, 1.82) is 0 Å². The lowest BCUT2D eigenvalue weighted by Crippen LogP contribution is -2.42. The van der Waals surface area contributed by atoms with Crippen LogP contribution in [0.2, 0.25) is 0 Å². The van der Waals surface area contributed by atoms with Gasteiger partial charge in [0, 0.05) is 13.1 Å². The normalized spacial score (nSPS) is 11.8. The molecule has 2 aromatic rings. The number of aliphatic hydroxyl groups is 1. The lowest BCUT2D eigenvalue weighted by molar-refractivity contribution is 0.110. The highest BCUT2D eigenvalue weighted by atomic mass is 127. The van der Waals surface area contributed by atoms with Crippen LogP contribution < -0.4 is 24.8 Å². The summed E-state index contributed by atoms with van der Waals surface area (Å²) in [5.41, 5.74) is 2.11. The Morgan fingerprint density at radius 3 is 2.50 bits per heavy atom. The molecule has 0 spiro atoms. The Balaban J connectivity index is 0.00000450. The molecule has 0 aliphatic rings. The van der Waals surface area contributed by atoms with Gasteiger partial charge in [-0.2, -0.15) is 0 Å². The Morgan fingerprint density at radius 2 is 1.83 bits per heavy atom. The average molecular weight is 529 g/mol. The molecule has 0 amide bonds. The molecule has 1 unspecified atom stereocenters. The molecule has 30 heavy (non-hydrogen) atoms. The fraction of sp³-hybridized carbons (Fsp3) is 0.409. The molecule has 0 aliphatic heterocycles. The van der Waals surface area contributed by atoms with Crippen molar-refractivity contribution in [3.05, 3.63) is 53.6 Å². The third-order valence-corrected chi connectivity index (χ3v) is 4.15. The van der Waals surface area contributed by atoms with E-state index in [2.05, 4.69) is 15.6 Å².